The molecule has 44 heavy (non-hydrogen) atoms. The van der Waals surface area contributed by atoms with Crippen LogP contribution in [0.25, 0.3) is 10.4 Å². The minimum absolute atomic E-state index is 0.0243. The standard InChI is InChI=1S/C35H65N5O4/c1-19-35(18,26(42)30(8,9)22-32(12,13)37-23(2)3)24(39-40-36)28(4,5)21-33(14,15)38-27(43)31(10,11)20-29(6,7)25(41)34(16,17)44/h24,37,44H,2,19-22H2,1,3-18H3,(H,38,43). The lowest BCUT2D eigenvalue weighted by Gasteiger charge is -2.49. The highest BCUT2D eigenvalue weighted by atomic mass is 16.3. The van der Waals surface area contributed by atoms with E-state index < -0.39 is 44.3 Å². The molecule has 0 aromatic heterocycles. The SMILES string of the molecule is C=C(C)NC(C)(C)CC(C)(C)C(=O)C(C)(CC)C(N=[N+]=[N-])C(C)(C)CC(C)(C)NC(=O)C(C)(C)CC(C)(C)C(=O)C(C)(C)O. The second kappa shape index (κ2) is 13.5. The zero-order valence-corrected chi connectivity index (χ0v) is 31.1. The molecule has 0 aromatic carbocycles. The monoisotopic (exact) mass is 620 g/mol. The third-order valence-electron chi connectivity index (χ3n) is 8.83. The maximum absolute atomic E-state index is 14.4. The molecule has 0 rings (SSSR count). The highest BCUT2D eigenvalue weighted by Crippen LogP contribution is 2.49. The van der Waals surface area contributed by atoms with Crippen molar-refractivity contribution in [2.45, 2.75) is 166 Å². The molecule has 9 heteroatoms. The minimum Gasteiger partial charge on any atom is -0.384 e. The summed E-state index contributed by atoms with van der Waals surface area (Å²) in [6.45, 7) is 35.5. The summed E-state index contributed by atoms with van der Waals surface area (Å²) < 4.78 is 0. The van der Waals surface area contributed by atoms with Gasteiger partial charge in [-0.2, -0.15) is 0 Å². The average molecular weight is 620 g/mol. The van der Waals surface area contributed by atoms with Crippen LogP contribution in [-0.2, 0) is 14.4 Å². The number of Topliss-reactive ketones (excluding diaryl/α,β-unsaturated/α-hetero) is 2. The van der Waals surface area contributed by atoms with Gasteiger partial charge in [-0.15, -0.1) is 0 Å². The van der Waals surface area contributed by atoms with Crippen LogP contribution < -0.4 is 10.6 Å². The Balaban J connectivity index is 6.35. The number of nitrogens with zero attached hydrogens (tertiary/aromatic N) is 3. The lowest BCUT2D eigenvalue weighted by atomic mass is 9.58. The van der Waals surface area contributed by atoms with E-state index in [-0.39, 0.29) is 29.4 Å². The lowest BCUT2D eigenvalue weighted by molar-refractivity contribution is -0.147. The zero-order valence-electron chi connectivity index (χ0n) is 31.1. The minimum atomic E-state index is -1.51. The van der Waals surface area contributed by atoms with Crippen molar-refractivity contribution < 1.29 is 19.5 Å². The third kappa shape index (κ3) is 10.9. The molecule has 0 aliphatic heterocycles. The average Bonchev–Trinajstić information content (AvgIpc) is 2.76. The number of nitrogens with one attached hydrogen (secondary N) is 2. The number of hydrogen-bond donors (Lipinski definition) is 3. The number of ketones is 2. The molecule has 9 nitrogen and oxygen atoms in total. The molecule has 0 heterocycles. The van der Waals surface area contributed by atoms with Crippen LogP contribution in [0.4, 0.5) is 0 Å². The largest absolute Gasteiger partial charge is 0.384 e. The number of carbonyl (C=O) groups excluding carboxylic acids is 3. The number of rotatable bonds is 18. The van der Waals surface area contributed by atoms with E-state index in [0.717, 1.165) is 5.70 Å². The van der Waals surface area contributed by atoms with Crippen molar-refractivity contribution in [2.24, 2.45) is 32.2 Å². The quantitative estimate of drug-likeness (QED) is 0.0807. The van der Waals surface area contributed by atoms with E-state index in [1.165, 1.54) is 13.8 Å². The van der Waals surface area contributed by atoms with Crippen molar-refractivity contribution in [1.82, 2.24) is 10.6 Å². The fraction of sp³-hybridized carbons (Fsp3) is 0.857. The van der Waals surface area contributed by atoms with Crippen LogP contribution in [0.1, 0.15) is 143 Å². The van der Waals surface area contributed by atoms with Crippen LogP contribution in [0.2, 0.25) is 0 Å². The number of aliphatic hydroxyl groups is 1. The Kier molecular flexibility index (Phi) is 12.8. The number of amides is 1. The van der Waals surface area contributed by atoms with Crippen LogP contribution >= 0.6 is 0 Å². The van der Waals surface area contributed by atoms with Gasteiger partial charge in [-0.25, -0.2) is 0 Å². The molecule has 0 saturated heterocycles. The summed E-state index contributed by atoms with van der Waals surface area (Å²) in [5.41, 5.74) is 3.64. The van der Waals surface area contributed by atoms with Gasteiger partial charge in [-0.1, -0.05) is 80.9 Å². The Morgan fingerprint density at radius 1 is 0.750 bits per heavy atom. The molecule has 0 radical (unpaired) electrons. The Morgan fingerprint density at radius 3 is 1.57 bits per heavy atom. The second-order valence-corrected chi connectivity index (χ2v) is 17.9. The first-order chi connectivity index (χ1) is 19.2. The molecule has 0 aliphatic carbocycles. The van der Waals surface area contributed by atoms with Gasteiger partial charge in [-0.3, -0.25) is 14.4 Å². The first kappa shape index (κ1) is 41.6. The summed E-state index contributed by atoms with van der Waals surface area (Å²) in [5.74, 6) is -0.525. The summed E-state index contributed by atoms with van der Waals surface area (Å²) in [4.78, 5) is 44.2. The van der Waals surface area contributed by atoms with Crippen molar-refractivity contribution in [2.75, 3.05) is 0 Å². The van der Waals surface area contributed by atoms with E-state index in [1.54, 1.807) is 27.7 Å². The van der Waals surface area contributed by atoms with Crippen LogP contribution in [0.3, 0.4) is 0 Å². The molecule has 0 aliphatic rings. The van der Waals surface area contributed by atoms with Gasteiger partial charge in [0.15, 0.2) is 5.78 Å². The van der Waals surface area contributed by atoms with Gasteiger partial charge < -0.3 is 15.7 Å². The molecule has 254 valence electrons. The Bertz CT molecular complexity index is 1130. The predicted octanol–water partition coefficient (Wildman–Crippen LogP) is 8.06. The number of azide groups is 1. The molecule has 1 amide bonds. The molecular weight excluding hydrogens is 554 g/mol. The maximum atomic E-state index is 14.4. The number of hydrogen-bond acceptors (Lipinski definition) is 6. The molecule has 2 atom stereocenters. The Morgan fingerprint density at radius 2 is 1.18 bits per heavy atom. The van der Waals surface area contributed by atoms with E-state index in [2.05, 4.69) is 27.2 Å². The van der Waals surface area contributed by atoms with Gasteiger partial charge in [0.2, 0.25) is 5.91 Å². The fourth-order valence-corrected chi connectivity index (χ4v) is 8.11. The highest BCUT2D eigenvalue weighted by molar-refractivity contribution is 5.92. The van der Waals surface area contributed by atoms with Crippen LogP contribution in [0, 0.1) is 27.1 Å². The molecule has 0 bridgehead atoms. The fourth-order valence-electron chi connectivity index (χ4n) is 8.11. The molecule has 0 spiro atoms. The normalized spacial score (nSPS) is 15.9. The van der Waals surface area contributed by atoms with E-state index >= 15 is 0 Å². The van der Waals surface area contributed by atoms with Gasteiger partial charge in [0.25, 0.3) is 0 Å². The van der Waals surface area contributed by atoms with E-state index in [4.69, 9.17) is 0 Å². The Labute approximate surface area is 268 Å². The molecule has 0 aromatic rings. The summed E-state index contributed by atoms with van der Waals surface area (Å²) in [5, 5.41) is 21.1. The van der Waals surface area contributed by atoms with Crippen LogP contribution in [0.5, 0.6) is 0 Å². The molecule has 2 unspecified atom stereocenters. The maximum Gasteiger partial charge on any atom is 0.226 e. The molecule has 0 saturated carbocycles. The lowest BCUT2D eigenvalue weighted by Crippen LogP contribution is -2.57. The highest BCUT2D eigenvalue weighted by Gasteiger charge is 2.53. The van der Waals surface area contributed by atoms with Crippen molar-refractivity contribution in [3.63, 3.8) is 0 Å². The second-order valence-electron chi connectivity index (χ2n) is 17.9. The van der Waals surface area contributed by atoms with Gasteiger partial charge >= 0.3 is 0 Å². The van der Waals surface area contributed by atoms with Gasteiger partial charge in [-0.05, 0) is 85.1 Å². The van der Waals surface area contributed by atoms with E-state index in [0.29, 0.717) is 19.3 Å². The van der Waals surface area contributed by atoms with Crippen LogP contribution in [0.15, 0.2) is 17.4 Å². The first-order valence-corrected chi connectivity index (χ1v) is 15.9. The number of carbonyl (C=O) groups is 3. The topological polar surface area (TPSA) is 144 Å². The molecule has 3 N–H and O–H groups in total. The van der Waals surface area contributed by atoms with Crippen molar-refractivity contribution in [3.8, 4) is 0 Å². The summed E-state index contributed by atoms with van der Waals surface area (Å²) in [7, 11) is 0. The van der Waals surface area contributed by atoms with Crippen molar-refractivity contribution >= 4 is 17.5 Å². The van der Waals surface area contributed by atoms with Crippen molar-refractivity contribution in [3.05, 3.63) is 22.7 Å². The van der Waals surface area contributed by atoms with Crippen LogP contribution in [-0.4, -0.2) is 45.3 Å². The Hall–Kier alpha value is -2.38. The van der Waals surface area contributed by atoms with Gasteiger partial charge in [0.1, 0.15) is 11.4 Å². The summed E-state index contributed by atoms with van der Waals surface area (Å²) >= 11 is 0. The van der Waals surface area contributed by atoms with Gasteiger partial charge in [0, 0.05) is 43.3 Å². The zero-order chi connectivity index (χ0) is 35.5. The third-order valence-corrected chi connectivity index (χ3v) is 8.83. The summed E-state index contributed by atoms with van der Waals surface area (Å²) in [6, 6.07) is -0.693. The molecular formula is C35H65N5O4. The predicted molar refractivity (Wildman–Crippen MR) is 181 cm³/mol. The molecule has 0 fully saturated rings. The smallest absolute Gasteiger partial charge is 0.226 e. The first-order valence-electron chi connectivity index (χ1n) is 15.9. The van der Waals surface area contributed by atoms with Gasteiger partial charge in [0.05, 0.1) is 6.04 Å². The number of allylic oxidation sites excluding steroid dienone is 1. The van der Waals surface area contributed by atoms with Crippen molar-refractivity contribution in [1.29, 1.82) is 0 Å². The van der Waals surface area contributed by atoms with E-state index in [9.17, 15) is 25.0 Å². The van der Waals surface area contributed by atoms with E-state index in [1.807, 2.05) is 76.2 Å². The summed E-state index contributed by atoms with van der Waals surface area (Å²) in [6.07, 6.45) is 1.68.